The number of carbonyl (C=O) groups is 1. The maximum Gasteiger partial charge on any atom is 0.573 e. The number of fused-ring (bicyclic) bond motifs is 3. The fourth-order valence-electron chi connectivity index (χ4n) is 4.85. The molecule has 0 unspecified atom stereocenters. The molecule has 0 spiro atoms. The van der Waals surface area contributed by atoms with Crippen LogP contribution < -0.4 is 10.1 Å². The number of nitrogens with zero attached hydrogens (tertiary/aromatic N) is 4. The Bertz CT molecular complexity index is 1690. The Labute approximate surface area is 231 Å². The molecule has 1 aliphatic heterocycles. The number of alkyl halides is 3. The van der Waals surface area contributed by atoms with E-state index >= 15 is 0 Å². The Kier molecular flexibility index (Phi) is 7.72. The van der Waals surface area contributed by atoms with Crippen LogP contribution in [0.1, 0.15) is 27.9 Å². The lowest BCUT2D eigenvalue weighted by Gasteiger charge is -2.27. The highest BCUT2D eigenvalue weighted by Crippen LogP contribution is 2.34. The van der Waals surface area contributed by atoms with Gasteiger partial charge in [-0.15, -0.1) is 13.2 Å². The lowest BCUT2D eigenvalue weighted by atomic mass is 10.0. The molecule has 0 fully saturated rings. The summed E-state index contributed by atoms with van der Waals surface area (Å²) in [5.74, 6) is -1.77. The predicted molar refractivity (Wildman–Crippen MR) is 140 cm³/mol. The van der Waals surface area contributed by atoms with E-state index in [0.717, 1.165) is 5.56 Å². The lowest BCUT2D eigenvalue weighted by Crippen LogP contribution is -2.34. The molecular weight excluding hydrogens is 545 g/mol. The number of benzene rings is 2. The van der Waals surface area contributed by atoms with Crippen LogP contribution in [0.2, 0.25) is 0 Å². The van der Waals surface area contributed by atoms with Crippen molar-refractivity contribution in [2.24, 2.45) is 0 Å². The summed E-state index contributed by atoms with van der Waals surface area (Å²) in [6.45, 7) is 1.43. The van der Waals surface area contributed by atoms with Crippen LogP contribution in [0.15, 0.2) is 60.8 Å². The second kappa shape index (κ2) is 11.4. The van der Waals surface area contributed by atoms with Crippen molar-refractivity contribution in [3.8, 4) is 11.8 Å². The molecule has 41 heavy (non-hydrogen) atoms. The highest BCUT2D eigenvalue weighted by atomic mass is 19.4. The zero-order valence-corrected chi connectivity index (χ0v) is 21.4. The van der Waals surface area contributed by atoms with Crippen LogP contribution in [0.4, 0.5) is 26.7 Å². The number of carbonyl (C=O) groups excluding carboxylic acids is 1. The molecule has 4 aromatic rings. The summed E-state index contributed by atoms with van der Waals surface area (Å²) in [6.07, 6.45) is 0.376. The molecular formula is C29H22F5N5O2. The summed E-state index contributed by atoms with van der Waals surface area (Å²) in [4.78, 5) is 18.9. The molecule has 2 aromatic carbocycles. The van der Waals surface area contributed by atoms with Gasteiger partial charge in [0.25, 0.3) is 0 Å². The van der Waals surface area contributed by atoms with Gasteiger partial charge < -0.3 is 10.1 Å². The van der Waals surface area contributed by atoms with Gasteiger partial charge in [-0.25, -0.2) is 14.2 Å². The molecule has 7 nitrogen and oxygen atoms in total. The quantitative estimate of drug-likeness (QED) is 0.231. The summed E-state index contributed by atoms with van der Waals surface area (Å²) in [5, 5.41) is 12.2. The Hall–Kier alpha value is -4.76. The van der Waals surface area contributed by atoms with Crippen LogP contribution >= 0.6 is 0 Å². The third-order valence-electron chi connectivity index (χ3n) is 6.66. The smallest absolute Gasteiger partial charge is 0.406 e. The van der Waals surface area contributed by atoms with Crippen LogP contribution in [0.3, 0.4) is 0 Å². The molecule has 1 amide bonds. The summed E-state index contributed by atoms with van der Waals surface area (Å²) in [7, 11) is 0. The average Bonchev–Trinajstić information content (AvgIpc) is 3.24. The molecule has 12 heteroatoms. The minimum atomic E-state index is -4.90. The topological polar surface area (TPSA) is 83.2 Å². The molecule has 1 aliphatic rings. The normalized spacial score (nSPS) is 13.8. The Morgan fingerprint density at radius 3 is 2.71 bits per heavy atom. The first-order valence-corrected chi connectivity index (χ1v) is 12.5. The highest BCUT2D eigenvalue weighted by Gasteiger charge is 2.32. The maximum atomic E-state index is 13.9. The van der Waals surface area contributed by atoms with E-state index in [0.29, 0.717) is 48.3 Å². The van der Waals surface area contributed by atoms with E-state index < -0.39 is 29.9 Å². The first kappa shape index (κ1) is 27.8. The van der Waals surface area contributed by atoms with Gasteiger partial charge in [-0.2, -0.15) is 9.65 Å². The lowest BCUT2D eigenvalue weighted by molar-refractivity contribution is -0.274. The van der Waals surface area contributed by atoms with E-state index in [2.05, 4.69) is 19.9 Å². The number of nitriles is 1. The van der Waals surface area contributed by atoms with E-state index in [1.807, 2.05) is 6.08 Å². The van der Waals surface area contributed by atoms with Crippen LogP contribution in [0.5, 0.6) is 5.75 Å². The van der Waals surface area contributed by atoms with Crippen LogP contribution in [0.25, 0.3) is 17.0 Å². The van der Waals surface area contributed by atoms with E-state index in [9.17, 15) is 26.7 Å². The van der Waals surface area contributed by atoms with E-state index in [-0.39, 0.29) is 17.6 Å². The number of pyridine rings is 1. The van der Waals surface area contributed by atoms with Gasteiger partial charge in [-0.05, 0) is 53.1 Å². The van der Waals surface area contributed by atoms with Crippen molar-refractivity contribution >= 4 is 23.0 Å². The molecule has 2 aromatic heterocycles. The summed E-state index contributed by atoms with van der Waals surface area (Å²) in [6, 6.07) is 12.1. The van der Waals surface area contributed by atoms with Crippen molar-refractivity contribution in [1.29, 1.82) is 5.26 Å². The van der Waals surface area contributed by atoms with Crippen molar-refractivity contribution in [1.82, 2.24) is 19.8 Å². The highest BCUT2D eigenvalue weighted by molar-refractivity contribution is 5.96. The number of nitrogens with one attached hydrogen (secondary N) is 1. The maximum absolute atomic E-state index is 13.9. The zero-order chi connectivity index (χ0) is 29.1. The first-order chi connectivity index (χ1) is 19.6. The van der Waals surface area contributed by atoms with Crippen LogP contribution in [-0.4, -0.2) is 39.9 Å². The second-order valence-electron chi connectivity index (χ2n) is 9.37. The molecule has 5 rings (SSSR count). The Balaban J connectivity index is 1.41. The van der Waals surface area contributed by atoms with Gasteiger partial charge in [0.2, 0.25) is 5.95 Å². The number of rotatable bonds is 6. The third kappa shape index (κ3) is 6.36. The average molecular weight is 568 g/mol. The van der Waals surface area contributed by atoms with E-state index in [1.165, 1.54) is 47.2 Å². The van der Waals surface area contributed by atoms with E-state index in [1.54, 1.807) is 24.3 Å². The first-order valence-electron chi connectivity index (χ1n) is 12.5. The SMILES string of the molecule is N#Cc1ccc(C=CCN2CCc3c(c4ccc(OC(F)(F)F)cc4n3C(=O)NCc3ccnc(F)c3)C2)cc1F. The van der Waals surface area contributed by atoms with Gasteiger partial charge >= 0.3 is 12.4 Å². The van der Waals surface area contributed by atoms with Gasteiger partial charge in [0, 0.05) is 55.9 Å². The fraction of sp³-hybridized carbons (Fsp3) is 0.207. The second-order valence-corrected chi connectivity index (χ2v) is 9.37. The molecule has 0 atom stereocenters. The number of ether oxygens (including phenoxy) is 1. The summed E-state index contributed by atoms with van der Waals surface area (Å²) >= 11 is 0. The standard InChI is InChI=1S/C29H22F5N5O2/c30-24-12-18(3-4-20(24)15-35)2-1-10-38-11-8-25-23(17-38)22-6-5-21(41-29(32,33)34)14-26(22)39(25)28(40)37-16-19-7-9-36-27(31)13-19/h1-7,9,12-14H,8,10-11,16-17H2,(H,37,40). The third-order valence-corrected chi connectivity index (χ3v) is 6.66. The monoisotopic (exact) mass is 567 g/mol. The largest absolute Gasteiger partial charge is 0.573 e. The summed E-state index contributed by atoms with van der Waals surface area (Å²) in [5.41, 5.74) is 2.71. The van der Waals surface area contributed by atoms with Crippen LogP contribution in [-0.2, 0) is 19.5 Å². The molecule has 210 valence electrons. The zero-order valence-electron chi connectivity index (χ0n) is 21.4. The number of hydrogen-bond donors (Lipinski definition) is 1. The molecule has 0 saturated carbocycles. The van der Waals surface area contributed by atoms with Crippen molar-refractivity contribution in [3.63, 3.8) is 0 Å². The predicted octanol–water partition coefficient (Wildman–Crippen LogP) is 5.91. The van der Waals surface area contributed by atoms with Gasteiger partial charge in [-0.3, -0.25) is 9.47 Å². The molecule has 0 radical (unpaired) electrons. The van der Waals surface area contributed by atoms with Gasteiger partial charge in [-0.1, -0.05) is 18.2 Å². The molecule has 3 heterocycles. The minimum absolute atomic E-state index is 0.0156. The molecule has 0 saturated heterocycles. The van der Waals surface area contributed by atoms with E-state index in [4.69, 9.17) is 5.26 Å². The van der Waals surface area contributed by atoms with Crippen molar-refractivity contribution in [2.75, 3.05) is 13.1 Å². The van der Waals surface area contributed by atoms with Gasteiger partial charge in [0.1, 0.15) is 17.6 Å². The van der Waals surface area contributed by atoms with Crippen molar-refractivity contribution < 1.29 is 31.5 Å². The van der Waals surface area contributed by atoms with Gasteiger partial charge in [0.15, 0.2) is 0 Å². The molecule has 0 bridgehead atoms. The fourth-order valence-corrected chi connectivity index (χ4v) is 4.85. The number of aromatic nitrogens is 2. The van der Waals surface area contributed by atoms with Gasteiger partial charge in [0.05, 0.1) is 11.1 Å². The number of halogens is 5. The number of hydrogen-bond acceptors (Lipinski definition) is 5. The van der Waals surface area contributed by atoms with Crippen molar-refractivity contribution in [2.45, 2.75) is 25.9 Å². The molecule has 0 aliphatic carbocycles. The molecule has 1 N–H and O–H groups in total. The Morgan fingerprint density at radius 2 is 1.98 bits per heavy atom. The summed E-state index contributed by atoms with van der Waals surface area (Å²) < 4.78 is 71.6. The van der Waals surface area contributed by atoms with Crippen molar-refractivity contribution in [3.05, 3.63) is 101 Å². The Morgan fingerprint density at radius 1 is 1.15 bits per heavy atom. The van der Waals surface area contributed by atoms with Crippen LogP contribution in [0, 0.1) is 23.1 Å². The minimum Gasteiger partial charge on any atom is -0.406 e. The number of amides is 1.